The van der Waals surface area contributed by atoms with Gasteiger partial charge in [-0.3, -0.25) is 10.1 Å². The molecule has 2 aromatic carbocycles. The molecule has 3 aromatic rings. The van der Waals surface area contributed by atoms with Crippen LogP contribution in [-0.4, -0.2) is 55.6 Å². The number of nitrogens with one attached hydrogen (secondary N) is 1. The number of benzene rings is 2. The SMILES string of the molecule is N#C/C(=C/c1ccc(OCCOc2ccccc2)cc1)C(=O)Nc1nnc(N2CCOCC2)s1. The first-order chi connectivity index (χ1) is 16.7. The van der Waals surface area contributed by atoms with Crippen molar-refractivity contribution < 1.29 is 19.0 Å². The molecule has 0 spiro atoms. The summed E-state index contributed by atoms with van der Waals surface area (Å²) in [5.74, 6) is 0.923. The first kappa shape index (κ1) is 23.2. The molecule has 0 bridgehead atoms. The summed E-state index contributed by atoms with van der Waals surface area (Å²) in [4.78, 5) is 14.6. The van der Waals surface area contributed by atoms with E-state index in [-0.39, 0.29) is 5.57 Å². The standard InChI is InChI=1S/C24H23N5O4S/c25-17-19(22(30)26-23-27-28-24(34-23)29-10-12-31-13-11-29)16-18-6-8-21(9-7-18)33-15-14-32-20-4-2-1-3-5-20/h1-9,16H,10-15H2,(H,26,27,30)/b19-16-. The van der Waals surface area contributed by atoms with Crippen molar-refractivity contribution in [1.29, 1.82) is 5.26 Å². The Labute approximate surface area is 201 Å². The zero-order valence-corrected chi connectivity index (χ0v) is 19.2. The summed E-state index contributed by atoms with van der Waals surface area (Å²) in [6.07, 6.45) is 1.52. The fraction of sp³-hybridized carbons (Fsp3) is 0.250. The Morgan fingerprint density at radius 3 is 2.41 bits per heavy atom. The lowest BCUT2D eigenvalue weighted by atomic mass is 10.1. The van der Waals surface area contributed by atoms with Crippen LogP contribution in [0.4, 0.5) is 10.3 Å². The molecule has 0 radical (unpaired) electrons. The Balaban J connectivity index is 1.29. The van der Waals surface area contributed by atoms with Gasteiger partial charge in [0.2, 0.25) is 10.3 Å². The number of rotatable bonds is 9. The molecule has 1 aromatic heterocycles. The van der Waals surface area contributed by atoms with Crippen LogP contribution in [0.3, 0.4) is 0 Å². The molecule has 9 nitrogen and oxygen atoms in total. The summed E-state index contributed by atoms with van der Waals surface area (Å²) in [6, 6.07) is 18.6. The number of para-hydroxylation sites is 1. The molecule has 174 valence electrons. The largest absolute Gasteiger partial charge is 0.490 e. The van der Waals surface area contributed by atoms with Crippen molar-refractivity contribution in [3.05, 3.63) is 65.7 Å². The number of aromatic nitrogens is 2. The van der Waals surface area contributed by atoms with E-state index in [4.69, 9.17) is 14.2 Å². The fourth-order valence-corrected chi connectivity index (χ4v) is 3.92. The average Bonchev–Trinajstić information content (AvgIpc) is 3.35. The van der Waals surface area contributed by atoms with Gasteiger partial charge in [0.1, 0.15) is 36.4 Å². The molecule has 2 heterocycles. The molecule has 0 saturated carbocycles. The second kappa shape index (κ2) is 11.8. The van der Waals surface area contributed by atoms with Crippen molar-refractivity contribution in [1.82, 2.24) is 10.2 Å². The van der Waals surface area contributed by atoms with E-state index < -0.39 is 5.91 Å². The van der Waals surface area contributed by atoms with Gasteiger partial charge in [0.25, 0.3) is 5.91 Å². The van der Waals surface area contributed by atoms with Crippen LogP contribution >= 0.6 is 11.3 Å². The number of morpholine rings is 1. The molecule has 10 heteroatoms. The van der Waals surface area contributed by atoms with Crippen LogP contribution < -0.4 is 19.7 Å². The maximum Gasteiger partial charge on any atom is 0.268 e. The predicted octanol–water partition coefficient (Wildman–Crippen LogP) is 3.38. The van der Waals surface area contributed by atoms with E-state index in [1.807, 2.05) is 36.4 Å². The van der Waals surface area contributed by atoms with Gasteiger partial charge in [-0.2, -0.15) is 5.26 Å². The Morgan fingerprint density at radius 2 is 1.74 bits per heavy atom. The number of amides is 1. The summed E-state index contributed by atoms with van der Waals surface area (Å²) < 4.78 is 16.6. The number of carbonyl (C=O) groups is 1. The van der Waals surface area contributed by atoms with E-state index >= 15 is 0 Å². The normalized spacial score (nSPS) is 13.7. The monoisotopic (exact) mass is 477 g/mol. The van der Waals surface area contributed by atoms with Crippen LogP contribution in [0.5, 0.6) is 11.5 Å². The van der Waals surface area contributed by atoms with E-state index in [1.165, 1.54) is 17.4 Å². The lowest BCUT2D eigenvalue weighted by Crippen LogP contribution is -2.36. The molecule has 1 saturated heterocycles. The third kappa shape index (κ3) is 6.54. The summed E-state index contributed by atoms with van der Waals surface area (Å²) in [5.41, 5.74) is 0.666. The minimum absolute atomic E-state index is 0.0342. The van der Waals surface area contributed by atoms with Gasteiger partial charge in [0, 0.05) is 13.1 Å². The van der Waals surface area contributed by atoms with Gasteiger partial charge < -0.3 is 19.1 Å². The molecule has 0 atom stereocenters. The van der Waals surface area contributed by atoms with Gasteiger partial charge >= 0.3 is 0 Å². The Bertz CT molecular complexity index is 1150. The second-order valence-corrected chi connectivity index (χ2v) is 8.15. The van der Waals surface area contributed by atoms with Crippen LogP contribution in [0.25, 0.3) is 6.08 Å². The minimum atomic E-state index is -0.537. The molecule has 1 amide bonds. The number of ether oxygens (including phenoxy) is 3. The molecule has 1 aliphatic rings. The molecule has 4 rings (SSSR count). The Kier molecular flexibility index (Phi) is 8.05. The number of hydrogen-bond acceptors (Lipinski definition) is 9. The highest BCUT2D eigenvalue weighted by Gasteiger charge is 2.18. The van der Waals surface area contributed by atoms with Gasteiger partial charge in [-0.25, -0.2) is 0 Å². The summed E-state index contributed by atoms with van der Waals surface area (Å²) in [6.45, 7) is 3.53. The quantitative estimate of drug-likeness (QED) is 0.284. The third-order valence-electron chi connectivity index (χ3n) is 4.84. The minimum Gasteiger partial charge on any atom is -0.490 e. The zero-order chi connectivity index (χ0) is 23.6. The topological polar surface area (TPSA) is 110 Å². The van der Waals surface area contributed by atoms with E-state index in [0.29, 0.717) is 48.0 Å². The highest BCUT2D eigenvalue weighted by molar-refractivity contribution is 7.19. The highest BCUT2D eigenvalue weighted by atomic mass is 32.1. The Hall–Kier alpha value is -3.94. The number of nitrogens with zero attached hydrogens (tertiary/aromatic N) is 4. The zero-order valence-electron chi connectivity index (χ0n) is 18.3. The number of hydrogen-bond donors (Lipinski definition) is 1. The molecule has 1 N–H and O–H groups in total. The number of carbonyl (C=O) groups excluding carboxylic acids is 1. The lowest BCUT2D eigenvalue weighted by molar-refractivity contribution is -0.112. The first-order valence-corrected chi connectivity index (χ1v) is 11.5. The molecule has 0 unspecified atom stereocenters. The van der Waals surface area contributed by atoms with Gasteiger partial charge in [0.05, 0.1) is 13.2 Å². The van der Waals surface area contributed by atoms with Crippen molar-refractivity contribution in [3.63, 3.8) is 0 Å². The van der Waals surface area contributed by atoms with Crippen LogP contribution in [0.15, 0.2) is 60.2 Å². The maximum atomic E-state index is 12.6. The molecule has 1 fully saturated rings. The highest BCUT2D eigenvalue weighted by Crippen LogP contribution is 2.25. The van der Waals surface area contributed by atoms with E-state index in [0.717, 1.165) is 18.8 Å². The number of nitriles is 1. The smallest absolute Gasteiger partial charge is 0.268 e. The molecular weight excluding hydrogens is 454 g/mol. The predicted molar refractivity (Wildman–Crippen MR) is 129 cm³/mol. The van der Waals surface area contributed by atoms with Crippen molar-refractivity contribution in [2.24, 2.45) is 0 Å². The second-order valence-electron chi connectivity index (χ2n) is 7.19. The van der Waals surface area contributed by atoms with Crippen LogP contribution in [0.1, 0.15) is 5.56 Å². The first-order valence-electron chi connectivity index (χ1n) is 10.7. The van der Waals surface area contributed by atoms with Crippen molar-refractivity contribution in [2.45, 2.75) is 0 Å². The molecule has 0 aliphatic carbocycles. The van der Waals surface area contributed by atoms with E-state index in [1.54, 1.807) is 24.3 Å². The van der Waals surface area contributed by atoms with Crippen molar-refractivity contribution in [2.75, 3.05) is 49.7 Å². The molecule has 34 heavy (non-hydrogen) atoms. The average molecular weight is 478 g/mol. The lowest BCUT2D eigenvalue weighted by Gasteiger charge is -2.25. The van der Waals surface area contributed by atoms with Gasteiger partial charge in [0.15, 0.2) is 0 Å². The Morgan fingerprint density at radius 1 is 1.06 bits per heavy atom. The van der Waals surface area contributed by atoms with Crippen molar-refractivity contribution in [3.8, 4) is 17.6 Å². The number of anilines is 2. The summed E-state index contributed by atoms with van der Waals surface area (Å²) in [7, 11) is 0. The van der Waals surface area contributed by atoms with Crippen LogP contribution in [0, 0.1) is 11.3 Å². The molecular formula is C24H23N5O4S. The van der Waals surface area contributed by atoms with Crippen LogP contribution in [-0.2, 0) is 9.53 Å². The van der Waals surface area contributed by atoms with Gasteiger partial charge in [-0.1, -0.05) is 41.7 Å². The fourth-order valence-electron chi connectivity index (χ4n) is 3.12. The third-order valence-corrected chi connectivity index (χ3v) is 5.74. The van der Waals surface area contributed by atoms with E-state index in [2.05, 4.69) is 20.4 Å². The van der Waals surface area contributed by atoms with Gasteiger partial charge in [-0.15, -0.1) is 10.2 Å². The van der Waals surface area contributed by atoms with Crippen molar-refractivity contribution >= 4 is 33.6 Å². The summed E-state index contributed by atoms with van der Waals surface area (Å²) >= 11 is 1.26. The maximum absolute atomic E-state index is 12.6. The summed E-state index contributed by atoms with van der Waals surface area (Å²) in [5, 5.41) is 21.3. The van der Waals surface area contributed by atoms with E-state index in [9.17, 15) is 10.1 Å². The van der Waals surface area contributed by atoms with Gasteiger partial charge in [-0.05, 0) is 35.9 Å². The van der Waals surface area contributed by atoms with Crippen LogP contribution in [0.2, 0.25) is 0 Å². The molecule has 1 aliphatic heterocycles.